The van der Waals surface area contributed by atoms with Crippen LogP contribution in [0.25, 0.3) is 0 Å². The third-order valence-electron chi connectivity index (χ3n) is 2.81. The molecule has 2 heterocycles. The van der Waals surface area contributed by atoms with E-state index in [9.17, 15) is 0 Å². The van der Waals surface area contributed by atoms with Crippen LogP contribution < -0.4 is 15.4 Å². The lowest BCUT2D eigenvalue weighted by Crippen LogP contribution is -2.24. The Morgan fingerprint density at radius 2 is 2.00 bits per heavy atom. The van der Waals surface area contributed by atoms with Gasteiger partial charge in [0.1, 0.15) is 0 Å². The molecule has 1 unspecified atom stereocenters. The van der Waals surface area contributed by atoms with E-state index < -0.39 is 0 Å². The second kappa shape index (κ2) is 6.04. The van der Waals surface area contributed by atoms with Crippen LogP contribution in [0.4, 0.5) is 11.9 Å². The summed E-state index contributed by atoms with van der Waals surface area (Å²) < 4.78 is 5.49. The van der Waals surface area contributed by atoms with E-state index in [2.05, 4.69) is 33.3 Å². The van der Waals surface area contributed by atoms with E-state index in [4.69, 9.17) is 10.5 Å². The van der Waals surface area contributed by atoms with Gasteiger partial charge >= 0.3 is 6.01 Å². The van der Waals surface area contributed by atoms with Gasteiger partial charge in [-0.25, -0.2) is 0 Å². The highest BCUT2D eigenvalue weighted by molar-refractivity contribution is 7.10. The number of thiophene rings is 1. The third kappa shape index (κ3) is 3.36. The van der Waals surface area contributed by atoms with Gasteiger partial charge in [-0.15, -0.1) is 11.3 Å². The molecule has 0 aliphatic carbocycles. The van der Waals surface area contributed by atoms with Crippen molar-refractivity contribution in [2.75, 3.05) is 17.7 Å². The average Bonchev–Trinajstić information content (AvgIpc) is 2.89. The first kappa shape index (κ1) is 14.5. The number of aromatic nitrogens is 3. The fourth-order valence-corrected chi connectivity index (χ4v) is 2.50. The molecule has 0 aromatic carbocycles. The Balaban J connectivity index is 2.25. The number of hydrogen-bond donors (Lipinski definition) is 1. The molecule has 7 heteroatoms. The van der Waals surface area contributed by atoms with Gasteiger partial charge in [-0.05, 0) is 32.2 Å². The quantitative estimate of drug-likeness (QED) is 0.912. The van der Waals surface area contributed by atoms with E-state index in [1.807, 2.05) is 31.9 Å². The smallest absolute Gasteiger partial charge is 0.323 e. The van der Waals surface area contributed by atoms with Crippen molar-refractivity contribution in [2.24, 2.45) is 0 Å². The molecule has 2 aromatic rings. The van der Waals surface area contributed by atoms with Crippen LogP contribution >= 0.6 is 11.3 Å². The van der Waals surface area contributed by atoms with E-state index in [0.29, 0.717) is 5.95 Å². The molecule has 0 fully saturated rings. The number of ether oxygens (including phenoxy) is 1. The molecule has 0 saturated heterocycles. The Labute approximate surface area is 122 Å². The van der Waals surface area contributed by atoms with Gasteiger partial charge in [0, 0.05) is 11.9 Å². The summed E-state index contributed by atoms with van der Waals surface area (Å²) in [5.74, 6) is 0.671. The van der Waals surface area contributed by atoms with Crippen LogP contribution in [0.3, 0.4) is 0 Å². The highest BCUT2D eigenvalue weighted by atomic mass is 32.1. The zero-order valence-corrected chi connectivity index (χ0v) is 12.9. The zero-order valence-electron chi connectivity index (χ0n) is 12.1. The number of nitrogens with two attached hydrogens (primary N) is 1. The Morgan fingerprint density at radius 3 is 2.60 bits per heavy atom. The normalized spacial score (nSPS) is 12.4. The number of nitrogen functional groups attached to an aromatic ring is 1. The first-order valence-corrected chi connectivity index (χ1v) is 7.29. The number of nitrogens with zero attached hydrogens (tertiary/aromatic N) is 4. The third-order valence-corrected chi connectivity index (χ3v) is 3.86. The van der Waals surface area contributed by atoms with Crippen LogP contribution in [-0.4, -0.2) is 28.1 Å². The minimum atomic E-state index is -0.00956. The summed E-state index contributed by atoms with van der Waals surface area (Å²) in [6, 6.07) is 4.53. The zero-order chi connectivity index (χ0) is 14.7. The number of anilines is 2. The molecule has 2 aromatic heterocycles. The van der Waals surface area contributed by atoms with Crippen molar-refractivity contribution in [3.63, 3.8) is 0 Å². The molecule has 20 heavy (non-hydrogen) atoms. The highest BCUT2D eigenvalue weighted by Gasteiger charge is 2.18. The van der Waals surface area contributed by atoms with E-state index in [-0.39, 0.29) is 24.1 Å². The van der Waals surface area contributed by atoms with Crippen LogP contribution in [0.1, 0.15) is 31.7 Å². The maximum absolute atomic E-state index is 5.73. The van der Waals surface area contributed by atoms with Gasteiger partial charge < -0.3 is 15.4 Å². The van der Waals surface area contributed by atoms with Crippen molar-refractivity contribution in [3.05, 3.63) is 22.4 Å². The predicted molar refractivity (Wildman–Crippen MR) is 81.1 cm³/mol. The maximum Gasteiger partial charge on any atom is 0.323 e. The molecule has 0 saturated carbocycles. The SMILES string of the molecule is CC(C)Oc1nc(N)nc(N(C)C(C)c2cccs2)n1. The van der Waals surface area contributed by atoms with E-state index in [1.165, 1.54) is 4.88 Å². The molecular weight excluding hydrogens is 274 g/mol. The van der Waals surface area contributed by atoms with Crippen molar-refractivity contribution in [1.29, 1.82) is 0 Å². The summed E-state index contributed by atoms with van der Waals surface area (Å²) in [6.07, 6.45) is -0.00956. The minimum Gasteiger partial charge on any atom is -0.461 e. The van der Waals surface area contributed by atoms with Gasteiger partial charge in [0.15, 0.2) is 0 Å². The van der Waals surface area contributed by atoms with Crippen LogP contribution in [-0.2, 0) is 0 Å². The molecule has 0 amide bonds. The lowest BCUT2D eigenvalue weighted by Gasteiger charge is -2.24. The second-order valence-corrected chi connectivity index (χ2v) is 5.72. The van der Waals surface area contributed by atoms with Crippen LogP contribution in [0, 0.1) is 0 Å². The Kier molecular flexibility index (Phi) is 4.39. The van der Waals surface area contributed by atoms with Gasteiger partial charge in [0.2, 0.25) is 11.9 Å². The standard InChI is InChI=1S/C13H19N5OS/c1-8(2)19-13-16-11(14)15-12(17-13)18(4)9(3)10-6-5-7-20-10/h5-9H,1-4H3,(H2,14,15,16,17). The minimum absolute atomic E-state index is 0.00956. The maximum atomic E-state index is 5.73. The van der Waals surface area contributed by atoms with Crippen molar-refractivity contribution >= 4 is 23.2 Å². The van der Waals surface area contributed by atoms with Gasteiger partial charge in [-0.1, -0.05) is 6.07 Å². The molecular formula is C13H19N5OS. The molecule has 6 nitrogen and oxygen atoms in total. The topological polar surface area (TPSA) is 77.2 Å². The monoisotopic (exact) mass is 293 g/mol. The fraction of sp³-hybridized carbons (Fsp3) is 0.462. The molecule has 0 aliphatic rings. The van der Waals surface area contributed by atoms with Gasteiger partial charge in [-0.3, -0.25) is 0 Å². The van der Waals surface area contributed by atoms with Crippen LogP contribution in [0.2, 0.25) is 0 Å². The van der Waals surface area contributed by atoms with E-state index in [0.717, 1.165) is 0 Å². The van der Waals surface area contributed by atoms with Crippen molar-refractivity contribution < 1.29 is 4.74 Å². The lowest BCUT2D eigenvalue weighted by atomic mass is 10.2. The molecule has 2 N–H and O–H groups in total. The van der Waals surface area contributed by atoms with Crippen molar-refractivity contribution in [2.45, 2.75) is 32.9 Å². The highest BCUT2D eigenvalue weighted by Crippen LogP contribution is 2.27. The molecule has 0 radical (unpaired) electrons. The van der Waals surface area contributed by atoms with E-state index in [1.54, 1.807) is 11.3 Å². The first-order chi connectivity index (χ1) is 9.47. The van der Waals surface area contributed by atoms with Crippen molar-refractivity contribution in [3.8, 4) is 6.01 Å². The van der Waals surface area contributed by atoms with Crippen LogP contribution in [0.15, 0.2) is 17.5 Å². The molecule has 108 valence electrons. The molecule has 1 atom stereocenters. The summed E-state index contributed by atoms with van der Waals surface area (Å²) in [4.78, 5) is 15.7. The first-order valence-electron chi connectivity index (χ1n) is 6.42. The summed E-state index contributed by atoms with van der Waals surface area (Å²) in [7, 11) is 1.93. The summed E-state index contributed by atoms with van der Waals surface area (Å²) >= 11 is 1.70. The van der Waals surface area contributed by atoms with Crippen LogP contribution in [0.5, 0.6) is 6.01 Å². The molecule has 0 bridgehead atoms. The van der Waals surface area contributed by atoms with E-state index >= 15 is 0 Å². The Bertz CT molecular complexity index is 558. The Morgan fingerprint density at radius 1 is 1.25 bits per heavy atom. The van der Waals surface area contributed by atoms with Crippen molar-refractivity contribution in [1.82, 2.24) is 15.0 Å². The lowest BCUT2D eigenvalue weighted by molar-refractivity contribution is 0.222. The van der Waals surface area contributed by atoms with Gasteiger partial charge in [0.25, 0.3) is 0 Å². The molecule has 2 rings (SSSR count). The fourth-order valence-electron chi connectivity index (χ4n) is 1.68. The average molecular weight is 293 g/mol. The largest absolute Gasteiger partial charge is 0.461 e. The summed E-state index contributed by atoms with van der Waals surface area (Å²) in [6.45, 7) is 5.92. The predicted octanol–water partition coefficient (Wildman–Crippen LogP) is 2.50. The Hall–Kier alpha value is -1.89. The summed E-state index contributed by atoms with van der Waals surface area (Å²) in [5.41, 5.74) is 5.73. The van der Waals surface area contributed by atoms with Gasteiger partial charge in [0.05, 0.1) is 12.1 Å². The second-order valence-electron chi connectivity index (χ2n) is 4.75. The number of hydrogen-bond acceptors (Lipinski definition) is 7. The summed E-state index contributed by atoms with van der Waals surface area (Å²) in [5, 5.41) is 2.05. The molecule has 0 aliphatic heterocycles. The van der Waals surface area contributed by atoms with Gasteiger partial charge in [-0.2, -0.15) is 15.0 Å². The molecule has 0 spiro atoms. The number of rotatable bonds is 5.